The van der Waals surface area contributed by atoms with Gasteiger partial charge in [-0.1, -0.05) is 6.08 Å². The number of hydrogen-bond donors (Lipinski definition) is 1. The minimum absolute atomic E-state index is 0.360. The zero-order valence-electron chi connectivity index (χ0n) is 6.08. The molecule has 1 aromatic rings. The van der Waals surface area contributed by atoms with Crippen molar-refractivity contribution in [1.82, 2.24) is 20.2 Å². The lowest BCUT2D eigenvalue weighted by atomic mass is 10.0. The van der Waals surface area contributed by atoms with Gasteiger partial charge >= 0.3 is 5.97 Å². The van der Waals surface area contributed by atoms with Crippen LogP contribution in [0.5, 0.6) is 0 Å². The molecule has 2 rings (SSSR count). The molecule has 0 spiro atoms. The molecule has 1 unspecified atom stereocenters. The van der Waals surface area contributed by atoms with Crippen molar-refractivity contribution in [1.29, 1.82) is 0 Å². The monoisotopic (exact) mass is 166 g/mol. The molecule has 12 heavy (non-hydrogen) atoms. The summed E-state index contributed by atoms with van der Waals surface area (Å²) >= 11 is 0. The summed E-state index contributed by atoms with van der Waals surface area (Å²) in [5, 5.41) is 19.4. The molecule has 0 saturated heterocycles. The number of aliphatic carboxylic acids is 1. The Morgan fingerprint density at radius 2 is 2.58 bits per heavy atom. The average Bonchev–Trinajstić information content (AvgIpc) is 2.49. The molecule has 1 atom stereocenters. The molecule has 0 radical (unpaired) electrons. The topological polar surface area (TPSA) is 80.9 Å². The summed E-state index contributed by atoms with van der Waals surface area (Å²) in [6.07, 6.45) is 3.50. The molecule has 1 aliphatic rings. The van der Waals surface area contributed by atoms with Crippen molar-refractivity contribution in [3.8, 4) is 0 Å². The van der Waals surface area contributed by atoms with Crippen molar-refractivity contribution >= 4 is 12.2 Å². The molecule has 0 amide bonds. The van der Waals surface area contributed by atoms with Gasteiger partial charge in [0, 0.05) is 12.6 Å². The number of nitrogens with zero attached hydrogens (tertiary/aromatic N) is 4. The molecule has 0 aliphatic carbocycles. The van der Waals surface area contributed by atoms with Crippen LogP contribution in [0.25, 0.3) is 6.20 Å². The standard InChI is InChI=1S/C6H6N4O2/c11-6(12)4-1-2-10-5(3-4)7-8-9-10/h1-2,4H,3H2,(H,11,12). The average molecular weight is 166 g/mol. The van der Waals surface area contributed by atoms with Crippen LogP contribution in [0.4, 0.5) is 0 Å². The highest BCUT2D eigenvalue weighted by molar-refractivity contribution is 5.73. The maximum absolute atomic E-state index is 10.6. The van der Waals surface area contributed by atoms with Crippen molar-refractivity contribution in [3.63, 3.8) is 0 Å². The van der Waals surface area contributed by atoms with Gasteiger partial charge in [-0.05, 0) is 10.4 Å². The Labute approximate surface area is 67.5 Å². The Morgan fingerprint density at radius 3 is 3.33 bits per heavy atom. The number of aromatic nitrogens is 4. The number of fused-ring (bicyclic) bond motifs is 1. The van der Waals surface area contributed by atoms with E-state index in [1.165, 1.54) is 4.68 Å². The second kappa shape index (κ2) is 2.40. The molecular weight excluding hydrogens is 160 g/mol. The van der Waals surface area contributed by atoms with Gasteiger partial charge in [0.05, 0.1) is 5.92 Å². The first-order valence-electron chi connectivity index (χ1n) is 3.45. The molecular formula is C6H6N4O2. The van der Waals surface area contributed by atoms with E-state index in [-0.39, 0.29) is 0 Å². The van der Waals surface area contributed by atoms with Crippen molar-refractivity contribution in [3.05, 3.63) is 11.9 Å². The molecule has 6 heteroatoms. The molecule has 6 nitrogen and oxygen atoms in total. The summed E-state index contributed by atoms with van der Waals surface area (Å²) in [5.41, 5.74) is 0. The van der Waals surface area contributed by atoms with E-state index in [1.807, 2.05) is 0 Å². The second-order valence-corrected chi connectivity index (χ2v) is 2.53. The third-order valence-electron chi connectivity index (χ3n) is 1.74. The number of rotatable bonds is 1. The Kier molecular flexibility index (Phi) is 1.39. The van der Waals surface area contributed by atoms with Crippen LogP contribution >= 0.6 is 0 Å². The normalized spacial score (nSPS) is 20.5. The highest BCUT2D eigenvalue weighted by atomic mass is 16.4. The van der Waals surface area contributed by atoms with E-state index in [0.717, 1.165) is 0 Å². The molecule has 0 saturated carbocycles. The summed E-state index contributed by atoms with van der Waals surface area (Å²) < 4.78 is 1.47. The Hall–Kier alpha value is -1.72. The number of carboxylic acids is 1. The Bertz CT molecular complexity index is 343. The van der Waals surface area contributed by atoms with Crippen LogP contribution in [-0.4, -0.2) is 31.3 Å². The summed E-state index contributed by atoms with van der Waals surface area (Å²) in [6, 6.07) is 0. The fourth-order valence-electron chi connectivity index (χ4n) is 1.08. The van der Waals surface area contributed by atoms with Crippen LogP contribution in [0.3, 0.4) is 0 Å². The fourth-order valence-corrected chi connectivity index (χ4v) is 1.08. The zero-order chi connectivity index (χ0) is 8.55. The Balaban J connectivity index is 2.30. The number of carbonyl (C=O) groups is 1. The van der Waals surface area contributed by atoms with E-state index >= 15 is 0 Å². The van der Waals surface area contributed by atoms with Gasteiger partial charge in [-0.2, -0.15) is 0 Å². The summed E-state index contributed by atoms with van der Waals surface area (Å²) in [4.78, 5) is 10.6. The molecule has 1 aliphatic heterocycles. The van der Waals surface area contributed by atoms with E-state index in [0.29, 0.717) is 12.2 Å². The van der Waals surface area contributed by atoms with E-state index < -0.39 is 11.9 Å². The van der Waals surface area contributed by atoms with Crippen LogP contribution in [-0.2, 0) is 11.2 Å². The highest BCUT2D eigenvalue weighted by Crippen LogP contribution is 2.13. The van der Waals surface area contributed by atoms with Gasteiger partial charge < -0.3 is 5.11 Å². The molecule has 2 heterocycles. The van der Waals surface area contributed by atoms with Crippen molar-refractivity contribution in [2.75, 3.05) is 0 Å². The summed E-state index contributed by atoms with van der Waals surface area (Å²) in [6.45, 7) is 0. The predicted molar refractivity (Wildman–Crippen MR) is 38.0 cm³/mol. The van der Waals surface area contributed by atoms with Crippen molar-refractivity contribution < 1.29 is 9.90 Å². The molecule has 1 aromatic heterocycles. The summed E-state index contributed by atoms with van der Waals surface area (Å²) in [7, 11) is 0. The van der Waals surface area contributed by atoms with Crippen molar-refractivity contribution in [2.24, 2.45) is 5.92 Å². The van der Waals surface area contributed by atoms with Gasteiger partial charge in [-0.3, -0.25) is 4.79 Å². The number of tetrazole rings is 1. The van der Waals surface area contributed by atoms with Crippen LogP contribution in [0.15, 0.2) is 6.08 Å². The highest BCUT2D eigenvalue weighted by Gasteiger charge is 2.21. The third-order valence-corrected chi connectivity index (χ3v) is 1.74. The second-order valence-electron chi connectivity index (χ2n) is 2.53. The van der Waals surface area contributed by atoms with E-state index in [4.69, 9.17) is 5.11 Å². The van der Waals surface area contributed by atoms with Gasteiger partial charge in [-0.25, -0.2) is 4.68 Å². The first-order valence-corrected chi connectivity index (χ1v) is 3.45. The first-order chi connectivity index (χ1) is 5.77. The smallest absolute Gasteiger partial charge is 0.310 e. The van der Waals surface area contributed by atoms with Crippen LogP contribution < -0.4 is 0 Å². The molecule has 0 aromatic carbocycles. The molecule has 0 fully saturated rings. The van der Waals surface area contributed by atoms with E-state index in [9.17, 15) is 4.79 Å². The van der Waals surface area contributed by atoms with E-state index in [2.05, 4.69) is 15.5 Å². The minimum atomic E-state index is -0.847. The number of hydrogen-bond acceptors (Lipinski definition) is 4. The molecule has 1 N–H and O–H groups in total. The van der Waals surface area contributed by atoms with Gasteiger partial charge in [0.1, 0.15) is 0 Å². The van der Waals surface area contributed by atoms with Gasteiger partial charge in [-0.15, -0.1) is 5.10 Å². The zero-order valence-corrected chi connectivity index (χ0v) is 6.08. The lowest BCUT2D eigenvalue weighted by molar-refractivity contribution is -0.140. The van der Waals surface area contributed by atoms with Crippen LogP contribution in [0.1, 0.15) is 5.82 Å². The SMILES string of the molecule is O=C(O)C1C=Cn2nnnc2C1. The first kappa shape index (κ1) is 6.96. The van der Waals surface area contributed by atoms with Gasteiger partial charge in [0.2, 0.25) is 0 Å². The third kappa shape index (κ3) is 0.969. The Morgan fingerprint density at radius 1 is 1.75 bits per heavy atom. The van der Waals surface area contributed by atoms with Crippen molar-refractivity contribution in [2.45, 2.75) is 6.42 Å². The minimum Gasteiger partial charge on any atom is -0.481 e. The lowest BCUT2D eigenvalue weighted by Gasteiger charge is -2.10. The van der Waals surface area contributed by atoms with Gasteiger partial charge in [0.25, 0.3) is 0 Å². The van der Waals surface area contributed by atoms with E-state index in [1.54, 1.807) is 12.3 Å². The largest absolute Gasteiger partial charge is 0.481 e. The summed E-state index contributed by atoms with van der Waals surface area (Å²) in [5.74, 6) is -0.756. The molecule has 62 valence electrons. The molecule has 0 bridgehead atoms. The lowest BCUT2D eigenvalue weighted by Crippen LogP contribution is -2.19. The number of carboxylic acid groups (broad SMARTS) is 1. The van der Waals surface area contributed by atoms with Gasteiger partial charge in [0.15, 0.2) is 5.82 Å². The quantitative estimate of drug-likeness (QED) is 0.602. The van der Waals surface area contributed by atoms with Crippen LogP contribution in [0.2, 0.25) is 0 Å². The predicted octanol–water partition coefficient (Wildman–Crippen LogP) is -0.599. The van der Waals surface area contributed by atoms with Crippen LogP contribution in [0, 0.1) is 5.92 Å². The maximum Gasteiger partial charge on any atom is 0.310 e. The maximum atomic E-state index is 10.6. The fraction of sp³-hybridized carbons (Fsp3) is 0.333.